The molecule has 1 aromatic carbocycles. The maximum absolute atomic E-state index is 13.2. The Morgan fingerprint density at radius 3 is 2.46 bits per heavy atom. The number of aromatic nitrogens is 3. The summed E-state index contributed by atoms with van der Waals surface area (Å²) in [6, 6.07) is 13.4. The number of piperazine rings is 1. The Kier molecular flexibility index (Phi) is 6.26. The van der Waals surface area contributed by atoms with Crippen LogP contribution >= 0.6 is 0 Å². The standard InChI is InChI=1S/C25H26FN7O2/c1-17-8-9-27-22(14-17)28-21-6-7-23(30-29-21)31-10-12-32(13-11-31)25(35)18-15-24(34)33(16-18)20-4-2-19(26)3-5-20/h2-9,14,18H,10-13,15-16H2,1H3,(H,27,28,29). The van der Waals surface area contributed by atoms with Crippen molar-refractivity contribution in [2.75, 3.05) is 47.8 Å². The van der Waals surface area contributed by atoms with E-state index in [2.05, 4.69) is 25.4 Å². The van der Waals surface area contributed by atoms with Crippen molar-refractivity contribution in [1.29, 1.82) is 0 Å². The second kappa shape index (κ2) is 9.65. The summed E-state index contributed by atoms with van der Waals surface area (Å²) < 4.78 is 13.2. The number of nitrogens with zero attached hydrogens (tertiary/aromatic N) is 6. The van der Waals surface area contributed by atoms with E-state index in [1.807, 2.05) is 36.1 Å². The second-order valence-corrected chi connectivity index (χ2v) is 8.81. The zero-order chi connectivity index (χ0) is 24.4. The normalized spacial score (nSPS) is 18.2. The van der Waals surface area contributed by atoms with Gasteiger partial charge in [0.05, 0.1) is 5.92 Å². The van der Waals surface area contributed by atoms with Gasteiger partial charge in [0.15, 0.2) is 11.6 Å². The average Bonchev–Trinajstić information content (AvgIpc) is 3.26. The van der Waals surface area contributed by atoms with E-state index in [1.54, 1.807) is 23.2 Å². The Morgan fingerprint density at radius 1 is 1.00 bits per heavy atom. The average molecular weight is 476 g/mol. The van der Waals surface area contributed by atoms with Crippen LogP contribution in [0.2, 0.25) is 0 Å². The van der Waals surface area contributed by atoms with Crippen LogP contribution in [-0.4, -0.2) is 64.6 Å². The number of hydrogen-bond donors (Lipinski definition) is 1. The van der Waals surface area contributed by atoms with E-state index in [-0.39, 0.29) is 30.0 Å². The fourth-order valence-electron chi connectivity index (χ4n) is 4.45. The number of halogens is 1. The molecule has 3 aromatic rings. The fourth-order valence-corrected chi connectivity index (χ4v) is 4.45. The van der Waals surface area contributed by atoms with Crippen LogP contribution in [0.15, 0.2) is 54.7 Å². The molecule has 0 radical (unpaired) electrons. The van der Waals surface area contributed by atoms with E-state index < -0.39 is 0 Å². The molecule has 0 aliphatic carbocycles. The van der Waals surface area contributed by atoms with Crippen LogP contribution in [-0.2, 0) is 9.59 Å². The summed E-state index contributed by atoms with van der Waals surface area (Å²) in [7, 11) is 0. The molecule has 2 aliphatic heterocycles. The first-order valence-electron chi connectivity index (χ1n) is 11.6. The van der Waals surface area contributed by atoms with Crippen molar-refractivity contribution in [3.8, 4) is 0 Å². The number of nitrogens with one attached hydrogen (secondary N) is 1. The van der Waals surface area contributed by atoms with Crippen molar-refractivity contribution in [2.45, 2.75) is 13.3 Å². The summed E-state index contributed by atoms with van der Waals surface area (Å²) >= 11 is 0. The Bertz CT molecular complexity index is 1210. The highest BCUT2D eigenvalue weighted by molar-refractivity contribution is 6.00. The largest absolute Gasteiger partial charge is 0.352 e. The highest BCUT2D eigenvalue weighted by Gasteiger charge is 2.38. The fraction of sp³-hybridized carbons (Fsp3) is 0.320. The molecule has 35 heavy (non-hydrogen) atoms. The smallest absolute Gasteiger partial charge is 0.228 e. The number of benzene rings is 1. The lowest BCUT2D eigenvalue weighted by Crippen LogP contribution is -2.51. The van der Waals surface area contributed by atoms with Crippen molar-refractivity contribution in [3.05, 3.63) is 66.1 Å². The van der Waals surface area contributed by atoms with E-state index in [0.29, 0.717) is 50.0 Å². The third kappa shape index (κ3) is 5.06. The minimum atomic E-state index is -0.389. The summed E-state index contributed by atoms with van der Waals surface area (Å²) in [5, 5.41) is 11.7. The molecule has 4 heterocycles. The molecule has 0 saturated carbocycles. The molecule has 1 atom stereocenters. The van der Waals surface area contributed by atoms with Crippen molar-refractivity contribution >= 4 is 35.0 Å². The maximum atomic E-state index is 13.2. The van der Waals surface area contributed by atoms with Gasteiger partial charge < -0.3 is 20.0 Å². The van der Waals surface area contributed by atoms with Crippen LogP contribution in [0.4, 0.5) is 27.5 Å². The summed E-state index contributed by atoms with van der Waals surface area (Å²) in [5.74, 6) is 1.19. The van der Waals surface area contributed by atoms with Gasteiger partial charge >= 0.3 is 0 Å². The molecule has 180 valence electrons. The third-order valence-electron chi connectivity index (χ3n) is 6.35. The van der Waals surface area contributed by atoms with E-state index in [4.69, 9.17) is 0 Å². The van der Waals surface area contributed by atoms with Gasteiger partial charge in [-0.2, -0.15) is 0 Å². The Balaban J connectivity index is 1.15. The Labute approximate surface area is 202 Å². The molecule has 2 aliphatic rings. The molecule has 0 spiro atoms. The second-order valence-electron chi connectivity index (χ2n) is 8.81. The third-order valence-corrected chi connectivity index (χ3v) is 6.35. The first-order valence-corrected chi connectivity index (χ1v) is 11.6. The van der Waals surface area contributed by atoms with Gasteiger partial charge in [0.25, 0.3) is 0 Å². The van der Waals surface area contributed by atoms with E-state index in [1.165, 1.54) is 12.1 Å². The Morgan fingerprint density at radius 2 is 1.77 bits per heavy atom. The maximum Gasteiger partial charge on any atom is 0.228 e. The van der Waals surface area contributed by atoms with Gasteiger partial charge in [-0.3, -0.25) is 9.59 Å². The molecule has 0 bridgehead atoms. The number of hydrogen-bond acceptors (Lipinski definition) is 7. The Hall–Kier alpha value is -4.08. The molecule has 1 N–H and O–H groups in total. The predicted molar refractivity (Wildman–Crippen MR) is 130 cm³/mol. The predicted octanol–water partition coefficient (Wildman–Crippen LogP) is 2.76. The zero-order valence-corrected chi connectivity index (χ0v) is 19.4. The monoisotopic (exact) mass is 475 g/mol. The number of rotatable bonds is 5. The molecule has 10 heteroatoms. The van der Waals surface area contributed by atoms with Crippen LogP contribution in [0.25, 0.3) is 0 Å². The van der Waals surface area contributed by atoms with E-state index >= 15 is 0 Å². The molecule has 9 nitrogen and oxygen atoms in total. The number of aryl methyl sites for hydroxylation is 1. The van der Waals surface area contributed by atoms with Gasteiger partial charge in [-0.15, -0.1) is 10.2 Å². The topological polar surface area (TPSA) is 94.6 Å². The van der Waals surface area contributed by atoms with Gasteiger partial charge in [-0.25, -0.2) is 9.37 Å². The molecule has 2 saturated heterocycles. The van der Waals surface area contributed by atoms with Crippen molar-refractivity contribution in [2.24, 2.45) is 5.92 Å². The molecule has 2 amide bonds. The minimum absolute atomic E-state index is 0.0149. The highest BCUT2D eigenvalue weighted by Crippen LogP contribution is 2.27. The van der Waals surface area contributed by atoms with Crippen molar-refractivity contribution in [3.63, 3.8) is 0 Å². The van der Waals surface area contributed by atoms with Crippen molar-refractivity contribution in [1.82, 2.24) is 20.1 Å². The van der Waals surface area contributed by atoms with Gasteiger partial charge in [0.2, 0.25) is 11.8 Å². The van der Waals surface area contributed by atoms with Gasteiger partial charge in [-0.05, 0) is 61.0 Å². The molecular formula is C25H26FN7O2. The van der Waals surface area contributed by atoms with Crippen LogP contribution in [0.3, 0.4) is 0 Å². The van der Waals surface area contributed by atoms with E-state index in [9.17, 15) is 14.0 Å². The number of pyridine rings is 1. The lowest BCUT2D eigenvalue weighted by Gasteiger charge is -2.36. The number of carbonyl (C=O) groups is 2. The van der Waals surface area contributed by atoms with Gasteiger partial charge in [0, 0.05) is 51.0 Å². The zero-order valence-electron chi connectivity index (χ0n) is 19.4. The lowest BCUT2D eigenvalue weighted by molar-refractivity contribution is -0.136. The number of anilines is 4. The molecular weight excluding hydrogens is 449 g/mol. The number of carbonyl (C=O) groups excluding carboxylic acids is 2. The molecule has 2 aromatic heterocycles. The molecule has 5 rings (SSSR count). The summed E-state index contributed by atoms with van der Waals surface area (Å²) in [6.07, 6.45) is 1.91. The first-order chi connectivity index (χ1) is 17.0. The van der Waals surface area contributed by atoms with Crippen LogP contribution in [0.5, 0.6) is 0 Å². The molecule has 2 fully saturated rings. The lowest BCUT2D eigenvalue weighted by atomic mass is 10.1. The first kappa shape index (κ1) is 22.7. The van der Waals surface area contributed by atoms with Crippen LogP contribution < -0.4 is 15.1 Å². The highest BCUT2D eigenvalue weighted by atomic mass is 19.1. The summed E-state index contributed by atoms with van der Waals surface area (Å²) in [4.78, 5) is 35.3. The van der Waals surface area contributed by atoms with Gasteiger partial charge in [-0.1, -0.05) is 0 Å². The summed E-state index contributed by atoms with van der Waals surface area (Å²) in [6.45, 7) is 4.69. The number of amides is 2. The SMILES string of the molecule is Cc1ccnc(Nc2ccc(N3CCN(C(=O)C4CC(=O)N(c5ccc(F)cc5)C4)CC3)nn2)c1. The quantitative estimate of drug-likeness (QED) is 0.606. The summed E-state index contributed by atoms with van der Waals surface area (Å²) in [5.41, 5.74) is 1.72. The van der Waals surface area contributed by atoms with Crippen LogP contribution in [0, 0.1) is 18.7 Å². The minimum Gasteiger partial charge on any atom is -0.352 e. The van der Waals surface area contributed by atoms with Crippen LogP contribution in [0.1, 0.15) is 12.0 Å². The van der Waals surface area contributed by atoms with Gasteiger partial charge in [0.1, 0.15) is 11.6 Å². The van der Waals surface area contributed by atoms with Crippen molar-refractivity contribution < 1.29 is 14.0 Å². The molecule has 1 unspecified atom stereocenters. The van der Waals surface area contributed by atoms with E-state index in [0.717, 1.165) is 11.4 Å².